The molecule has 46 heavy (non-hydrogen) atoms. The monoisotopic (exact) mass is 640 g/mol. The van der Waals surface area contributed by atoms with E-state index in [0.717, 1.165) is 5.56 Å². The number of hydrogen-bond donors (Lipinski definition) is 4. The highest BCUT2D eigenvalue weighted by molar-refractivity contribution is 5.95. The van der Waals surface area contributed by atoms with Crippen LogP contribution in [-0.2, 0) is 35.1 Å². The number of rotatable bonds is 14. The molecule has 0 saturated carbocycles. The zero-order chi connectivity index (χ0) is 34.7. The average Bonchev–Trinajstić information content (AvgIpc) is 2.93. The van der Waals surface area contributed by atoms with Gasteiger partial charge in [0, 0.05) is 13.0 Å². The quantitative estimate of drug-likeness (QED) is 0.225. The molecule has 0 aliphatic rings. The molecule has 12 heteroatoms. The van der Waals surface area contributed by atoms with Crippen molar-refractivity contribution in [3.8, 4) is 5.75 Å². The maximum atomic E-state index is 14.3. The van der Waals surface area contributed by atoms with Crippen molar-refractivity contribution >= 4 is 29.8 Å². The second-order valence-corrected chi connectivity index (χ2v) is 13.0. The lowest BCUT2D eigenvalue weighted by Gasteiger charge is -2.35. The summed E-state index contributed by atoms with van der Waals surface area (Å²) in [5.74, 6) is -3.06. The standard InChI is InChI=1S/C34H48N4O8/c1-8-9-19-38(30(42)25(21-27(35)40)37-32(44)46-34(5,6)7)28(23-15-17-24(39)18-16-23)29(41)36-26(31(43)45-33(2,3)4)20-22-13-11-10-12-14-22/h10-18,25-26,28,39H,8-9,19-21H2,1-7H3,(H2,35,40)(H,36,41)(H,37,44). The lowest BCUT2D eigenvalue weighted by Crippen LogP contribution is -2.55. The number of nitrogens with two attached hydrogens (primary N) is 1. The first-order chi connectivity index (χ1) is 21.4. The lowest BCUT2D eigenvalue weighted by atomic mass is 9.99. The molecule has 0 heterocycles. The second-order valence-electron chi connectivity index (χ2n) is 13.0. The van der Waals surface area contributed by atoms with Crippen molar-refractivity contribution < 1.29 is 38.6 Å². The van der Waals surface area contributed by atoms with E-state index in [4.69, 9.17) is 15.2 Å². The molecule has 2 rings (SSSR count). The Labute approximate surface area is 271 Å². The number of amides is 4. The molecular formula is C34H48N4O8. The third kappa shape index (κ3) is 12.8. The summed E-state index contributed by atoms with van der Waals surface area (Å²) in [7, 11) is 0. The van der Waals surface area contributed by atoms with E-state index in [0.29, 0.717) is 18.4 Å². The van der Waals surface area contributed by atoms with Gasteiger partial charge in [0.15, 0.2) is 0 Å². The summed E-state index contributed by atoms with van der Waals surface area (Å²) in [6.45, 7) is 12.0. The number of nitrogens with zero attached hydrogens (tertiary/aromatic N) is 1. The Balaban J connectivity index is 2.60. The molecule has 0 aromatic heterocycles. The number of aromatic hydroxyl groups is 1. The van der Waals surface area contributed by atoms with Crippen LogP contribution in [0.2, 0.25) is 0 Å². The number of carbonyl (C=O) groups is 5. The average molecular weight is 641 g/mol. The molecule has 12 nitrogen and oxygen atoms in total. The van der Waals surface area contributed by atoms with Gasteiger partial charge < -0.3 is 35.8 Å². The minimum atomic E-state index is -1.46. The number of ether oxygens (including phenoxy) is 2. The Kier molecular flexibility index (Phi) is 13.6. The van der Waals surface area contributed by atoms with Gasteiger partial charge in [0.2, 0.25) is 17.7 Å². The number of phenols is 1. The summed E-state index contributed by atoms with van der Waals surface area (Å²) in [5.41, 5.74) is 4.81. The van der Waals surface area contributed by atoms with Crippen LogP contribution >= 0.6 is 0 Å². The molecule has 0 bridgehead atoms. The first-order valence-corrected chi connectivity index (χ1v) is 15.3. The summed E-state index contributed by atoms with van der Waals surface area (Å²) in [4.78, 5) is 67.8. The van der Waals surface area contributed by atoms with Crippen LogP contribution in [0.4, 0.5) is 4.79 Å². The highest BCUT2D eigenvalue weighted by Crippen LogP contribution is 2.26. The molecule has 2 aromatic rings. The number of hydrogen-bond acceptors (Lipinski definition) is 8. The SMILES string of the molecule is CCCCN(C(=O)C(CC(N)=O)NC(=O)OC(C)(C)C)C(C(=O)NC(Cc1ccccc1)C(=O)OC(C)(C)C)c1ccc(O)cc1. The Morgan fingerprint density at radius 2 is 1.43 bits per heavy atom. The van der Waals surface area contributed by atoms with Crippen molar-refractivity contribution in [2.24, 2.45) is 5.73 Å². The summed E-state index contributed by atoms with van der Waals surface area (Å²) in [6.07, 6.45) is -0.289. The zero-order valence-electron chi connectivity index (χ0n) is 27.8. The van der Waals surface area contributed by atoms with Crippen molar-refractivity contribution in [2.45, 2.75) is 103 Å². The molecule has 5 N–H and O–H groups in total. The molecule has 3 unspecified atom stereocenters. The number of phenolic OH excluding ortho intramolecular Hbond substituents is 1. The van der Waals surface area contributed by atoms with Crippen molar-refractivity contribution in [1.29, 1.82) is 0 Å². The van der Waals surface area contributed by atoms with Crippen LogP contribution in [0.15, 0.2) is 54.6 Å². The van der Waals surface area contributed by atoms with Gasteiger partial charge in [0.1, 0.15) is 35.1 Å². The van der Waals surface area contributed by atoms with E-state index in [9.17, 15) is 29.1 Å². The summed E-state index contributed by atoms with van der Waals surface area (Å²) in [6, 6.07) is 10.9. The van der Waals surface area contributed by atoms with Crippen LogP contribution in [0.25, 0.3) is 0 Å². The van der Waals surface area contributed by atoms with E-state index in [-0.39, 0.29) is 18.7 Å². The third-order valence-corrected chi connectivity index (χ3v) is 6.49. The Hall–Kier alpha value is -4.61. The smallest absolute Gasteiger partial charge is 0.408 e. The van der Waals surface area contributed by atoms with E-state index in [1.165, 1.54) is 29.2 Å². The molecule has 0 fully saturated rings. The summed E-state index contributed by atoms with van der Waals surface area (Å²) in [5, 5.41) is 15.2. The predicted molar refractivity (Wildman–Crippen MR) is 172 cm³/mol. The minimum Gasteiger partial charge on any atom is -0.508 e. The Morgan fingerprint density at radius 3 is 1.96 bits per heavy atom. The highest BCUT2D eigenvalue weighted by atomic mass is 16.6. The van der Waals surface area contributed by atoms with Gasteiger partial charge in [0.25, 0.3) is 0 Å². The molecule has 0 saturated heterocycles. The number of carbonyl (C=O) groups excluding carboxylic acids is 5. The van der Waals surface area contributed by atoms with Gasteiger partial charge in [-0.1, -0.05) is 55.8 Å². The van der Waals surface area contributed by atoms with E-state index in [2.05, 4.69) is 10.6 Å². The van der Waals surface area contributed by atoms with Gasteiger partial charge in [-0.3, -0.25) is 14.4 Å². The zero-order valence-corrected chi connectivity index (χ0v) is 27.8. The Morgan fingerprint density at radius 1 is 0.848 bits per heavy atom. The highest BCUT2D eigenvalue weighted by Gasteiger charge is 2.38. The van der Waals surface area contributed by atoms with Gasteiger partial charge >= 0.3 is 12.1 Å². The predicted octanol–water partition coefficient (Wildman–Crippen LogP) is 3.90. The minimum absolute atomic E-state index is 0.0509. The van der Waals surface area contributed by atoms with Crippen molar-refractivity contribution in [3.05, 3.63) is 65.7 Å². The molecule has 252 valence electrons. The molecule has 4 amide bonds. The number of esters is 1. The maximum absolute atomic E-state index is 14.3. The molecule has 0 aliphatic heterocycles. The fraction of sp³-hybridized carbons (Fsp3) is 0.500. The Bertz CT molecular complexity index is 1330. The van der Waals surface area contributed by atoms with Gasteiger partial charge in [0.05, 0.1) is 6.42 Å². The second kappa shape index (κ2) is 16.6. The van der Waals surface area contributed by atoms with E-state index >= 15 is 0 Å². The number of primary amides is 1. The largest absolute Gasteiger partial charge is 0.508 e. The third-order valence-electron chi connectivity index (χ3n) is 6.49. The molecule has 0 radical (unpaired) electrons. The van der Waals surface area contributed by atoms with Gasteiger partial charge in [-0.25, -0.2) is 9.59 Å². The van der Waals surface area contributed by atoms with Crippen molar-refractivity contribution in [1.82, 2.24) is 15.5 Å². The number of benzene rings is 2. The fourth-order valence-corrected chi connectivity index (χ4v) is 4.54. The van der Waals surface area contributed by atoms with Crippen LogP contribution in [0.3, 0.4) is 0 Å². The van der Waals surface area contributed by atoms with Crippen molar-refractivity contribution in [3.63, 3.8) is 0 Å². The maximum Gasteiger partial charge on any atom is 0.408 e. The summed E-state index contributed by atoms with van der Waals surface area (Å²) >= 11 is 0. The number of unbranched alkanes of at least 4 members (excludes halogenated alkanes) is 1. The molecule has 0 spiro atoms. The molecule has 0 aliphatic carbocycles. The van der Waals surface area contributed by atoms with E-state index in [1.54, 1.807) is 41.5 Å². The first kappa shape index (κ1) is 37.6. The molecular weight excluding hydrogens is 592 g/mol. The normalized spacial score (nSPS) is 13.5. The van der Waals surface area contributed by atoms with Crippen LogP contribution < -0.4 is 16.4 Å². The fourth-order valence-electron chi connectivity index (χ4n) is 4.54. The summed E-state index contributed by atoms with van der Waals surface area (Å²) < 4.78 is 10.9. The molecule has 3 atom stereocenters. The van der Waals surface area contributed by atoms with Crippen LogP contribution in [0.5, 0.6) is 5.75 Å². The number of alkyl carbamates (subject to hydrolysis) is 1. The number of nitrogens with one attached hydrogen (secondary N) is 2. The van der Waals surface area contributed by atoms with Gasteiger partial charge in [-0.2, -0.15) is 0 Å². The lowest BCUT2D eigenvalue weighted by molar-refractivity contribution is -0.159. The van der Waals surface area contributed by atoms with E-state index in [1.807, 2.05) is 37.3 Å². The van der Waals surface area contributed by atoms with Crippen LogP contribution in [0, 0.1) is 0 Å². The van der Waals surface area contributed by atoms with Gasteiger partial charge in [-0.05, 0) is 71.2 Å². The van der Waals surface area contributed by atoms with Gasteiger partial charge in [-0.15, -0.1) is 0 Å². The van der Waals surface area contributed by atoms with Crippen LogP contribution in [0.1, 0.15) is 84.9 Å². The first-order valence-electron chi connectivity index (χ1n) is 15.3. The van der Waals surface area contributed by atoms with Crippen molar-refractivity contribution in [2.75, 3.05) is 6.54 Å². The van der Waals surface area contributed by atoms with E-state index < -0.39 is 65.5 Å². The van der Waals surface area contributed by atoms with Crippen LogP contribution in [-0.4, -0.2) is 69.6 Å². The topological polar surface area (TPSA) is 177 Å². The molecule has 2 aromatic carbocycles.